The minimum Gasteiger partial charge on any atom is -0.462 e. The van der Waals surface area contributed by atoms with Crippen LogP contribution in [0.2, 0.25) is 12.1 Å². The molecule has 0 aliphatic carbocycles. The molecule has 0 atom stereocenters. The van der Waals surface area contributed by atoms with Crippen molar-refractivity contribution in [3.63, 3.8) is 0 Å². The fraction of sp³-hybridized carbons (Fsp3) is 0.812. The van der Waals surface area contributed by atoms with E-state index in [-0.39, 0.29) is 6.61 Å². The van der Waals surface area contributed by atoms with Crippen LogP contribution in [0, 0.1) is 0 Å². The molecule has 0 spiro atoms. The molecule has 0 aromatic rings. The number of esters is 1. The fourth-order valence-corrected chi connectivity index (χ4v) is 6.23. The predicted molar refractivity (Wildman–Crippen MR) is 114 cm³/mol. The molecule has 0 rings (SSSR count). The van der Waals surface area contributed by atoms with Gasteiger partial charge in [-0.1, -0.05) is 19.9 Å². The van der Waals surface area contributed by atoms with Crippen LogP contribution >= 0.6 is 33.2 Å². The normalized spacial score (nSPS) is 11.5. The van der Waals surface area contributed by atoms with Crippen LogP contribution in [0.4, 0.5) is 0 Å². The van der Waals surface area contributed by atoms with Gasteiger partial charge in [0.05, 0.1) is 6.61 Å². The molecule has 0 amide bonds. The summed E-state index contributed by atoms with van der Waals surface area (Å²) in [6.45, 7) is 15.4. The molecule has 0 heterocycles. The van der Waals surface area contributed by atoms with Crippen LogP contribution in [0.5, 0.6) is 0 Å². The first kappa shape index (κ1) is 28.6. The Morgan fingerprint density at radius 3 is 1.69 bits per heavy atom. The molecule has 0 N–H and O–H groups in total. The SMILES string of the molecule is C=C(C)C(=O)OCCC[Si](Cl)(Cl)Cl.CCC[Si](OCC)(OCC)OCC. The van der Waals surface area contributed by atoms with E-state index in [0.717, 1.165) is 12.5 Å². The molecule has 0 radical (unpaired) electrons. The van der Waals surface area contributed by atoms with Gasteiger partial charge in [0.25, 0.3) is 0 Å². The highest BCUT2D eigenvalue weighted by Gasteiger charge is 2.38. The summed E-state index contributed by atoms with van der Waals surface area (Å²) < 4.78 is 21.7. The lowest BCUT2D eigenvalue weighted by molar-refractivity contribution is -0.138. The molecule has 0 saturated carbocycles. The van der Waals surface area contributed by atoms with E-state index in [9.17, 15) is 4.79 Å². The van der Waals surface area contributed by atoms with Gasteiger partial charge in [0.2, 0.25) is 0 Å². The van der Waals surface area contributed by atoms with Crippen molar-refractivity contribution in [3.05, 3.63) is 12.2 Å². The molecule has 0 aromatic heterocycles. The summed E-state index contributed by atoms with van der Waals surface area (Å²) in [4.78, 5) is 10.9. The van der Waals surface area contributed by atoms with Gasteiger partial charge in [0.15, 0.2) is 0 Å². The molecule has 0 aliphatic rings. The van der Waals surface area contributed by atoms with Crippen LogP contribution < -0.4 is 0 Å². The first-order chi connectivity index (χ1) is 12.1. The van der Waals surface area contributed by atoms with Crippen molar-refractivity contribution in [2.24, 2.45) is 0 Å². The Hall–Kier alpha value is 0.394. The monoisotopic (exact) mass is 466 g/mol. The van der Waals surface area contributed by atoms with Gasteiger partial charge in [-0.3, -0.25) is 0 Å². The topological polar surface area (TPSA) is 54.0 Å². The van der Waals surface area contributed by atoms with Gasteiger partial charge in [-0.05, 0) is 40.2 Å². The molecule has 0 bridgehead atoms. The Labute approximate surface area is 174 Å². The van der Waals surface area contributed by atoms with Crippen molar-refractivity contribution in [1.82, 2.24) is 0 Å². The van der Waals surface area contributed by atoms with Crippen molar-refractivity contribution in [3.8, 4) is 0 Å². The quantitative estimate of drug-likeness (QED) is 0.116. The van der Waals surface area contributed by atoms with Gasteiger partial charge in [-0.2, -0.15) is 0 Å². The number of hydrogen-bond acceptors (Lipinski definition) is 5. The van der Waals surface area contributed by atoms with Gasteiger partial charge < -0.3 is 18.0 Å². The average molecular weight is 468 g/mol. The molecular formula is C16H33Cl3O5Si2. The maximum Gasteiger partial charge on any atom is 0.500 e. The van der Waals surface area contributed by atoms with Gasteiger partial charge >= 0.3 is 20.8 Å². The molecule has 26 heavy (non-hydrogen) atoms. The van der Waals surface area contributed by atoms with E-state index in [1.807, 2.05) is 20.8 Å². The minimum absolute atomic E-state index is 0.284. The van der Waals surface area contributed by atoms with Crippen LogP contribution in [0.25, 0.3) is 0 Å². The van der Waals surface area contributed by atoms with Crippen LogP contribution in [-0.4, -0.2) is 47.2 Å². The average Bonchev–Trinajstić information content (AvgIpc) is 2.52. The zero-order chi connectivity index (χ0) is 20.6. The van der Waals surface area contributed by atoms with E-state index in [2.05, 4.69) is 13.5 Å². The van der Waals surface area contributed by atoms with Crippen molar-refractivity contribution in [1.29, 1.82) is 0 Å². The zero-order valence-electron chi connectivity index (χ0n) is 16.5. The van der Waals surface area contributed by atoms with Crippen LogP contribution in [0.3, 0.4) is 0 Å². The standard InChI is InChI=1S/C9H22O3Si.C7H11Cl3O2Si/c1-5-9-13(10-6-2,11-7-3)12-8-4;1-6(2)7(11)12-4-3-5-13(8,9)10/h5-9H2,1-4H3;1,3-5H2,2H3. The lowest BCUT2D eigenvalue weighted by Crippen LogP contribution is -2.45. The lowest BCUT2D eigenvalue weighted by atomic mass is 10.4. The second-order valence-electron chi connectivity index (χ2n) is 5.37. The summed E-state index contributed by atoms with van der Waals surface area (Å²) in [7, 11) is -2.30. The van der Waals surface area contributed by atoms with Crippen molar-refractivity contribution < 1.29 is 22.8 Å². The minimum atomic E-state index is -2.55. The summed E-state index contributed by atoms with van der Waals surface area (Å²) in [6.07, 6.45) is 1.63. The predicted octanol–water partition coefficient (Wildman–Crippen LogP) is 5.60. The molecule has 10 heteroatoms. The van der Waals surface area contributed by atoms with Gasteiger partial charge in [-0.15, -0.1) is 33.2 Å². The Kier molecular flexibility index (Phi) is 18.0. The second kappa shape index (κ2) is 16.4. The van der Waals surface area contributed by atoms with E-state index in [1.54, 1.807) is 6.92 Å². The number of hydrogen-bond donors (Lipinski definition) is 0. The molecule has 5 nitrogen and oxygen atoms in total. The number of rotatable bonds is 13. The van der Waals surface area contributed by atoms with E-state index in [4.69, 9.17) is 51.3 Å². The van der Waals surface area contributed by atoms with Crippen LogP contribution in [0.15, 0.2) is 12.2 Å². The summed E-state index contributed by atoms with van der Waals surface area (Å²) >= 11 is 16.9. The summed E-state index contributed by atoms with van der Waals surface area (Å²) in [5, 5.41) is 0. The van der Waals surface area contributed by atoms with Gasteiger partial charge in [0.1, 0.15) is 0 Å². The Balaban J connectivity index is 0. The Morgan fingerprint density at radius 1 is 0.923 bits per heavy atom. The van der Waals surface area contributed by atoms with E-state index < -0.39 is 20.8 Å². The summed E-state index contributed by atoms with van der Waals surface area (Å²) in [5.74, 6) is -0.397. The van der Waals surface area contributed by atoms with Gasteiger partial charge in [-0.25, -0.2) is 4.79 Å². The molecule has 0 aliphatic heterocycles. The molecule has 0 aromatic carbocycles. The van der Waals surface area contributed by atoms with Crippen molar-refractivity contribution in [2.75, 3.05) is 26.4 Å². The van der Waals surface area contributed by atoms with E-state index >= 15 is 0 Å². The molecule has 0 fully saturated rings. The first-order valence-corrected chi connectivity index (χ1v) is 16.1. The molecule has 156 valence electrons. The highest BCUT2D eigenvalue weighted by molar-refractivity contribution is 7.64. The largest absolute Gasteiger partial charge is 0.500 e. The highest BCUT2D eigenvalue weighted by atomic mass is 35.8. The number of halogens is 3. The number of ether oxygens (including phenoxy) is 1. The van der Waals surface area contributed by atoms with Crippen molar-refractivity contribution >= 4 is 54.0 Å². The lowest BCUT2D eigenvalue weighted by Gasteiger charge is -2.27. The fourth-order valence-electron chi connectivity index (χ4n) is 1.87. The second-order valence-corrected chi connectivity index (χ2v) is 17.4. The van der Waals surface area contributed by atoms with E-state index in [0.29, 0.717) is 37.9 Å². The molecular weight excluding hydrogens is 435 g/mol. The summed E-state index contributed by atoms with van der Waals surface area (Å²) in [5.41, 5.74) is 0.381. The summed E-state index contributed by atoms with van der Waals surface area (Å²) in [6, 6.07) is -1.13. The smallest absolute Gasteiger partial charge is 0.462 e. The third-order valence-corrected chi connectivity index (χ3v) is 8.75. The Bertz CT molecular complexity index is 363. The Morgan fingerprint density at radius 2 is 1.38 bits per heavy atom. The highest BCUT2D eigenvalue weighted by Crippen LogP contribution is 2.26. The van der Waals surface area contributed by atoms with Crippen LogP contribution in [-0.2, 0) is 22.8 Å². The first-order valence-electron chi connectivity index (χ1n) is 8.88. The maximum atomic E-state index is 10.9. The third kappa shape index (κ3) is 16.6. The van der Waals surface area contributed by atoms with Crippen molar-refractivity contribution in [2.45, 2.75) is 59.5 Å². The zero-order valence-corrected chi connectivity index (χ0v) is 20.8. The van der Waals surface area contributed by atoms with Gasteiger partial charge in [0, 0.05) is 31.4 Å². The molecule has 0 unspecified atom stereocenters. The van der Waals surface area contributed by atoms with Crippen LogP contribution in [0.1, 0.15) is 47.5 Å². The maximum absolute atomic E-state index is 10.9. The van der Waals surface area contributed by atoms with E-state index in [1.165, 1.54) is 0 Å². The number of carbonyl (C=O) groups is 1. The molecule has 0 saturated heterocycles. The third-order valence-electron chi connectivity index (χ3n) is 2.84. The number of carbonyl (C=O) groups excluding carboxylic acids is 1.